The van der Waals surface area contributed by atoms with Crippen molar-refractivity contribution in [3.05, 3.63) is 23.0 Å². The second-order valence-electron chi connectivity index (χ2n) is 10.0. The molecule has 3 fully saturated rings. The summed E-state index contributed by atoms with van der Waals surface area (Å²) in [5.41, 5.74) is 9.49. The molecule has 4 aromatic heterocycles. The molecule has 0 aromatic carbocycles. The van der Waals surface area contributed by atoms with Gasteiger partial charge >= 0.3 is 6.80 Å². The van der Waals surface area contributed by atoms with Gasteiger partial charge in [-0.05, 0) is 0 Å². The molecule has 4 aromatic rings. The molecule has 7 heterocycles. The number of aliphatic hydroxyl groups excluding tert-OH is 2. The van der Waals surface area contributed by atoms with E-state index >= 15 is 4.39 Å². The third-order valence-electron chi connectivity index (χ3n) is 7.43. The number of nitrogens with one attached hydrogen (secondary N) is 1. The summed E-state index contributed by atoms with van der Waals surface area (Å²) < 4.78 is 59.6. The van der Waals surface area contributed by atoms with Crippen LogP contribution in [0.1, 0.15) is 12.5 Å². The molecule has 3 saturated heterocycles. The first-order valence-corrected chi connectivity index (χ1v) is 15.3. The number of thiol groups is 1. The van der Waals surface area contributed by atoms with Crippen LogP contribution in [0.5, 0.6) is 0 Å². The van der Waals surface area contributed by atoms with Crippen LogP contribution in [0.3, 0.4) is 0 Å². The Morgan fingerprint density at radius 1 is 1.26 bits per heavy atom. The summed E-state index contributed by atoms with van der Waals surface area (Å²) >= 11 is 4.01. The Labute approximate surface area is 243 Å². The number of imidazole rings is 1. The minimum atomic E-state index is -4.46. The van der Waals surface area contributed by atoms with E-state index < -0.39 is 74.2 Å². The quantitative estimate of drug-likeness (QED) is 0.0913. The van der Waals surface area contributed by atoms with Gasteiger partial charge in [0, 0.05) is 0 Å². The standard InChI is InChI=1S/C20H23FN11O9PS/c21-7-6(1-33)39-18(32-15-9(29-30-32)16(35)28-19(23)27-15)10(7)41-42(36,43)38-3-20-2-37-11(12(20)34)17(40-20)31-5-26-8-13(22)24-4-25-14(8)31/h4-7,10-12,17-18,33-34H,1-3H2,(H,36,43)(H2,22,24,25)(H3,23,27,28,35)/t6-,7+,10-,11-,12+,17-,18-,20-,42?/m1/s1. The Morgan fingerprint density at radius 2 is 2.07 bits per heavy atom. The molecule has 2 bridgehead atoms. The highest BCUT2D eigenvalue weighted by molar-refractivity contribution is 8.44. The summed E-state index contributed by atoms with van der Waals surface area (Å²) in [6.45, 7) is -5.94. The molecular formula is C20H23FN11O9PS. The SMILES string of the molecule is Nc1nc2c(nnn2[C@@H]2O[C@H](CO)[C@H](F)[C@H]2OP(=O)(S)OC[C@@]23CO[C@@H]([C@H](n4cnc5c(N)ncnc54)O2)[C@@H]3O)c(=O)[nH]1. The number of aliphatic hydroxyl groups is 2. The van der Waals surface area contributed by atoms with Crippen molar-refractivity contribution in [2.45, 2.75) is 48.6 Å². The molecule has 23 heteroatoms. The fraction of sp³-hybridized carbons (Fsp3) is 0.550. The first kappa shape index (κ1) is 28.4. The number of nitrogen functional groups attached to an aromatic ring is 2. The number of ether oxygens (including phenoxy) is 3. The monoisotopic (exact) mass is 643 g/mol. The van der Waals surface area contributed by atoms with Crippen LogP contribution in [0, 0.1) is 0 Å². The normalized spacial score (nSPS) is 33.5. The summed E-state index contributed by atoms with van der Waals surface area (Å²) in [6.07, 6.45) is -7.15. The van der Waals surface area contributed by atoms with Gasteiger partial charge in [0.2, 0.25) is 5.95 Å². The second kappa shape index (κ2) is 10.1. The molecule has 230 valence electrons. The lowest BCUT2D eigenvalue weighted by Gasteiger charge is -2.32. The maximum Gasteiger partial charge on any atom is 0.386 e. The van der Waals surface area contributed by atoms with E-state index in [9.17, 15) is 19.6 Å². The Bertz CT molecular complexity index is 1830. The maximum atomic E-state index is 15.4. The number of anilines is 2. The number of aromatic amines is 1. The predicted octanol–water partition coefficient (Wildman–Crippen LogP) is -1.79. The molecule has 43 heavy (non-hydrogen) atoms. The molecule has 7 rings (SSSR count). The Morgan fingerprint density at radius 3 is 2.86 bits per heavy atom. The van der Waals surface area contributed by atoms with Crippen LogP contribution in [0.2, 0.25) is 0 Å². The summed E-state index contributed by atoms with van der Waals surface area (Å²) in [6, 6.07) is 0. The van der Waals surface area contributed by atoms with Crippen molar-refractivity contribution in [2.75, 3.05) is 31.3 Å². The zero-order valence-electron chi connectivity index (χ0n) is 21.6. The highest BCUT2D eigenvalue weighted by Crippen LogP contribution is 2.58. The molecule has 3 aliphatic rings. The molecular weight excluding hydrogens is 620 g/mol. The predicted molar refractivity (Wildman–Crippen MR) is 142 cm³/mol. The number of hydrogen-bond donors (Lipinski definition) is 6. The van der Waals surface area contributed by atoms with Crippen molar-refractivity contribution in [1.82, 2.24) is 44.5 Å². The van der Waals surface area contributed by atoms with Gasteiger partial charge in [0.05, 0.1) is 26.1 Å². The number of fused-ring (bicyclic) bond motifs is 4. The number of nitrogens with two attached hydrogens (primary N) is 2. The van der Waals surface area contributed by atoms with E-state index in [0.717, 1.165) is 4.68 Å². The topological polar surface area (TPSA) is 276 Å². The lowest BCUT2D eigenvalue weighted by molar-refractivity contribution is -0.183. The van der Waals surface area contributed by atoms with Crippen LogP contribution in [-0.4, -0.2) is 111 Å². The number of halogens is 1. The van der Waals surface area contributed by atoms with Gasteiger partial charge in [0.1, 0.15) is 41.9 Å². The smallest absolute Gasteiger partial charge is 0.386 e. The largest absolute Gasteiger partial charge is 0.394 e. The van der Waals surface area contributed by atoms with Gasteiger partial charge in [0.25, 0.3) is 5.56 Å². The maximum absolute atomic E-state index is 15.4. The summed E-state index contributed by atoms with van der Waals surface area (Å²) in [5, 5.41) is 28.2. The van der Waals surface area contributed by atoms with Gasteiger partial charge in [-0.25, -0.2) is 23.9 Å². The van der Waals surface area contributed by atoms with Gasteiger partial charge in [-0.2, -0.15) is 9.67 Å². The first-order valence-electron chi connectivity index (χ1n) is 12.6. The van der Waals surface area contributed by atoms with Crippen LogP contribution in [-0.2, 0) is 27.8 Å². The molecule has 0 aliphatic carbocycles. The fourth-order valence-electron chi connectivity index (χ4n) is 5.35. The molecule has 9 atom stereocenters. The van der Waals surface area contributed by atoms with E-state index in [2.05, 4.69) is 47.5 Å². The average molecular weight is 644 g/mol. The number of nitrogens with zero attached hydrogens (tertiary/aromatic N) is 8. The Hall–Kier alpha value is -3.34. The lowest BCUT2D eigenvalue weighted by atomic mass is 10.0. The van der Waals surface area contributed by atoms with Crippen LogP contribution in [0.4, 0.5) is 16.2 Å². The second-order valence-corrected chi connectivity index (χ2v) is 12.9. The van der Waals surface area contributed by atoms with Crippen molar-refractivity contribution in [2.24, 2.45) is 0 Å². The van der Waals surface area contributed by atoms with Gasteiger partial charge in [-0.15, -0.1) is 5.10 Å². The van der Waals surface area contributed by atoms with E-state index in [1.54, 1.807) is 0 Å². The zero-order chi connectivity index (χ0) is 30.3. The summed E-state index contributed by atoms with van der Waals surface area (Å²) in [5.74, 6) is -0.132. The van der Waals surface area contributed by atoms with Gasteiger partial charge in [-0.1, -0.05) is 17.5 Å². The minimum absolute atomic E-state index is 0.146. The zero-order valence-corrected chi connectivity index (χ0v) is 23.4. The highest BCUT2D eigenvalue weighted by Gasteiger charge is 2.63. The number of H-pyrrole nitrogens is 1. The molecule has 3 aliphatic heterocycles. The van der Waals surface area contributed by atoms with E-state index in [1.807, 2.05) is 0 Å². The number of aromatic nitrogens is 9. The third-order valence-corrected chi connectivity index (χ3v) is 9.03. The molecule has 0 radical (unpaired) electrons. The summed E-state index contributed by atoms with van der Waals surface area (Å²) in [4.78, 5) is 30.7. The molecule has 20 nitrogen and oxygen atoms in total. The van der Waals surface area contributed by atoms with Gasteiger partial charge < -0.3 is 35.9 Å². The lowest BCUT2D eigenvalue weighted by Crippen LogP contribution is -2.44. The van der Waals surface area contributed by atoms with E-state index in [0.29, 0.717) is 11.2 Å². The van der Waals surface area contributed by atoms with E-state index in [1.165, 1.54) is 17.2 Å². The molecule has 0 spiro atoms. The van der Waals surface area contributed by atoms with Crippen LogP contribution < -0.4 is 17.0 Å². The number of rotatable bonds is 8. The van der Waals surface area contributed by atoms with Crippen LogP contribution in [0.25, 0.3) is 22.3 Å². The van der Waals surface area contributed by atoms with Crippen molar-refractivity contribution < 1.29 is 42.4 Å². The van der Waals surface area contributed by atoms with Crippen molar-refractivity contribution in [3.8, 4) is 0 Å². The van der Waals surface area contributed by atoms with Crippen molar-refractivity contribution in [1.29, 1.82) is 0 Å². The fourth-order valence-corrected chi connectivity index (χ4v) is 6.82. The van der Waals surface area contributed by atoms with E-state index in [4.69, 9.17) is 34.7 Å². The number of alkyl halides is 1. The summed E-state index contributed by atoms with van der Waals surface area (Å²) in [7, 11) is 0. The molecule has 7 N–H and O–H groups in total. The van der Waals surface area contributed by atoms with Crippen LogP contribution in [0.15, 0.2) is 17.4 Å². The number of hydrogen-bond acceptors (Lipinski definition) is 17. The first-order chi connectivity index (χ1) is 20.5. The third kappa shape index (κ3) is 4.48. The molecule has 0 amide bonds. The molecule has 0 saturated carbocycles. The average Bonchev–Trinajstić information content (AvgIpc) is 3.77. The van der Waals surface area contributed by atoms with Crippen LogP contribution >= 0.6 is 19.0 Å². The highest BCUT2D eigenvalue weighted by atomic mass is 32.7. The Balaban J connectivity index is 1.11. The van der Waals surface area contributed by atoms with Gasteiger partial charge in [-0.3, -0.25) is 23.4 Å². The van der Waals surface area contributed by atoms with E-state index in [-0.39, 0.29) is 29.5 Å². The molecule has 1 unspecified atom stereocenters. The van der Waals surface area contributed by atoms with Crippen molar-refractivity contribution >= 4 is 53.1 Å². The minimum Gasteiger partial charge on any atom is -0.394 e. The Kier molecular flexibility index (Phi) is 6.68. The van der Waals surface area contributed by atoms with Gasteiger partial charge in [0.15, 0.2) is 41.3 Å². The van der Waals surface area contributed by atoms with Crippen molar-refractivity contribution in [3.63, 3.8) is 0 Å².